The topological polar surface area (TPSA) is 87.8 Å². The fraction of sp³-hybridized carbons (Fsp3) is 0.0385. The molecule has 4 aromatic rings. The largest absolute Gasteiger partial charge is 0.478 e. The number of hydrogen-bond acceptors (Lipinski definition) is 5. The van der Waals surface area contributed by atoms with E-state index in [4.69, 9.17) is 4.42 Å². The average Bonchev–Trinajstić information content (AvgIpc) is 3.39. The molecule has 0 unspecified atom stereocenters. The van der Waals surface area contributed by atoms with Crippen molar-refractivity contribution in [1.29, 1.82) is 0 Å². The molecule has 7 heteroatoms. The highest BCUT2D eigenvalue weighted by Crippen LogP contribution is 2.35. The standard InChI is InChI=1S/C26H17NO5S/c28-24-23(14-19-11-12-22(32-19)20-7-3-4-8-21(20)25(29)30)33-26(31)27(24)15-16-9-10-17-5-1-2-6-18(17)13-16/h1-14H,15H2,(H,29,30)/b23-14-. The van der Waals surface area contributed by atoms with Gasteiger partial charge in [0.25, 0.3) is 11.1 Å². The molecule has 1 saturated heterocycles. The molecule has 0 aliphatic carbocycles. The van der Waals surface area contributed by atoms with Crippen LogP contribution in [-0.2, 0) is 11.3 Å². The summed E-state index contributed by atoms with van der Waals surface area (Å²) in [4.78, 5) is 38.4. The summed E-state index contributed by atoms with van der Waals surface area (Å²) < 4.78 is 5.77. The number of aromatic carboxylic acids is 1. The third-order valence-electron chi connectivity index (χ3n) is 5.35. The van der Waals surface area contributed by atoms with E-state index in [1.165, 1.54) is 17.0 Å². The molecule has 0 spiro atoms. The molecule has 1 aliphatic rings. The summed E-state index contributed by atoms with van der Waals surface area (Å²) in [5, 5.41) is 11.2. The number of carbonyl (C=O) groups is 3. The molecule has 5 rings (SSSR count). The summed E-state index contributed by atoms with van der Waals surface area (Å²) in [6.07, 6.45) is 1.51. The van der Waals surface area contributed by atoms with E-state index in [-0.39, 0.29) is 28.2 Å². The van der Waals surface area contributed by atoms with Gasteiger partial charge in [-0.1, -0.05) is 54.6 Å². The smallest absolute Gasteiger partial charge is 0.336 e. The van der Waals surface area contributed by atoms with E-state index in [9.17, 15) is 19.5 Å². The van der Waals surface area contributed by atoms with Crippen molar-refractivity contribution in [1.82, 2.24) is 4.90 Å². The quantitative estimate of drug-likeness (QED) is 0.370. The fourth-order valence-corrected chi connectivity index (χ4v) is 4.56. The second kappa shape index (κ2) is 8.44. The second-order valence-electron chi connectivity index (χ2n) is 7.50. The second-order valence-corrected chi connectivity index (χ2v) is 8.50. The zero-order valence-electron chi connectivity index (χ0n) is 17.2. The number of amides is 2. The molecule has 0 bridgehead atoms. The van der Waals surface area contributed by atoms with Gasteiger partial charge in [0, 0.05) is 11.6 Å². The van der Waals surface area contributed by atoms with Gasteiger partial charge in [0.05, 0.1) is 17.0 Å². The third-order valence-corrected chi connectivity index (χ3v) is 6.26. The molecule has 1 fully saturated rings. The van der Waals surface area contributed by atoms with Gasteiger partial charge in [-0.3, -0.25) is 14.5 Å². The number of benzene rings is 3. The van der Waals surface area contributed by atoms with Crippen LogP contribution < -0.4 is 0 Å². The zero-order valence-corrected chi connectivity index (χ0v) is 18.0. The monoisotopic (exact) mass is 455 g/mol. The number of thioether (sulfide) groups is 1. The Bertz CT molecular complexity index is 1450. The Morgan fingerprint density at radius 2 is 1.70 bits per heavy atom. The van der Waals surface area contributed by atoms with Crippen LogP contribution in [-0.4, -0.2) is 27.1 Å². The van der Waals surface area contributed by atoms with Crippen molar-refractivity contribution < 1.29 is 23.9 Å². The maximum Gasteiger partial charge on any atom is 0.336 e. The molecule has 2 amide bonds. The number of rotatable bonds is 5. The SMILES string of the molecule is O=C(O)c1ccccc1-c1ccc(/C=C2\SC(=O)N(Cc3ccc4ccccc4c3)C2=O)o1. The molecule has 0 saturated carbocycles. The molecule has 0 atom stereocenters. The first-order valence-electron chi connectivity index (χ1n) is 10.2. The molecule has 1 aliphatic heterocycles. The molecule has 0 radical (unpaired) electrons. The number of carboxylic acids is 1. The lowest BCUT2D eigenvalue weighted by molar-refractivity contribution is -0.123. The van der Waals surface area contributed by atoms with Crippen molar-refractivity contribution in [3.63, 3.8) is 0 Å². The first-order chi connectivity index (χ1) is 16.0. The Hall–Kier alpha value is -4.10. The minimum absolute atomic E-state index is 0.120. The normalized spacial score (nSPS) is 15.0. The van der Waals surface area contributed by atoms with E-state index in [2.05, 4.69) is 0 Å². The number of carbonyl (C=O) groups excluding carboxylic acids is 2. The molecule has 162 valence electrons. The van der Waals surface area contributed by atoms with E-state index in [1.807, 2.05) is 42.5 Å². The van der Waals surface area contributed by atoms with Gasteiger partial charge in [-0.2, -0.15) is 0 Å². The number of nitrogens with zero attached hydrogens (tertiary/aromatic N) is 1. The van der Waals surface area contributed by atoms with Gasteiger partial charge in [-0.05, 0) is 52.4 Å². The minimum atomic E-state index is -1.06. The third kappa shape index (κ3) is 4.06. The van der Waals surface area contributed by atoms with Crippen LogP contribution in [0.5, 0.6) is 0 Å². The summed E-state index contributed by atoms with van der Waals surface area (Å²) in [6.45, 7) is 0.183. The molecule has 1 N–H and O–H groups in total. The van der Waals surface area contributed by atoms with Crippen LogP contribution in [0.2, 0.25) is 0 Å². The number of fused-ring (bicyclic) bond motifs is 1. The van der Waals surface area contributed by atoms with E-state index in [1.54, 1.807) is 30.3 Å². The lowest BCUT2D eigenvalue weighted by Crippen LogP contribution is -2.27. The van der Waals surface area contributed by atoms with Crippen LogP contribution in [0.3, 0.4) is 0 Å². The Labute approximate surface area is 193 Å². The van der Waals surface area contributed by atoms with Crippen LogP contribution in [0.1, 0.15) is 21.7 Å². The van der Waals surface area contributed by atoms with E-state index < -0.39 is 5.97 Å². The number of imide groups is 1. The predicted molar refractivity (Wildman–Crippen MR) is 127 cm³/mol. The molecular formula is C26H17NO5S. The van der Waals surface area contributed by atoms with Crippen molar-refractivity contribution >= 4 is 45.7 Å². The maximum absolute atomic E-state index is 12.9. The molecule has 2 heterocycles. The summed E-state index contributed by atoms with van der Waals surface area (Å²) >= 11 is 0.857. The average molecular weight is 455 g/mol. The van der Waals surface area contributed by atoms with Gasteiger partial charge in [0.1, 0.15) is 11.5 Å². The summed E-state index contributed by atoms with van der Waals surface area (Å²) in [6, 6.07) is 23.6. The van der Waals surface area contributed by atoms with Crippen molar-refractivity contribution in [2.75, 3.05) is 0 Å². The highest BCUT2D eigenvalue weighted by atomic mass is 32.2. The Kier molecular flexibility index (Phi) is 5.32. The lowest BCUT2D eigenvalue weighted by atomic mass is 10.1. The Morgan fingerprint density at radius 1 is 0.939 bits per heavy atom. The van der Waals surface area contributed by atoms with Crippen molar-refractivity contribution in [2.24, 2.45) is 0 Å². The van der Waals surface area contributed by atoms with Crippen molar-refractivity contribution in [3.05, 3.63) is 101 Å². The van der Waals surface area contributed by atoms with E-state index in [0.29, 0.717) is 17.1 Å². The Balaban J connectivity index is 1.38. The minimum Gasteiger partial charge on any atom is -0.478 e. The predicted octanol–water partition coefficient (Wildman–Crippen LogP) is 6.03. The van der Waals surface area contributed by atoms with Crippen LogP contribution in [0.4, 0.5) is 4.79 Å². The van der Waals surface area contributed by atoms with E-state index in [0.717, 1.165) is 28.1 Å². The van der Waals surface area contributed by atoms with Crippen LogP contribution in [0.25, 0.3) is 28.2 Å². The van der Waals surface area contributed by atoms with Gasteiger partial charge in [-0.15, -0.1) is 0 Å². The van der Waals surface area contributed by atoms with Crippen LogP contribution in [0.15, 0.2) is 88.2 Å². The lowest BCUT2D eigenvalue weighted by Gasteiger charge is -2.13. The van der Waals surface area contributed by atoms with Gasteiger partial charge in [0.2, 0.25) is 0 Å². The Morgan fingerprint density at radius 3 is 2.52 bits per heavy atom. The highest BCUT2D eigenvalue weighted by molar-refractivity contribution is 8.18. The number of carboxylic acid groups (broad SMARTS) is 1. The van der Waals surface area contributed by atoms with Gasteiger partial charge >= 0.3 is 5.97 Å². The summed E-state index contributed by atoms with van der Waals surface area (Å²) in [7, 11) is 0. The maximum atomic E-state index is 12.9. The summed E-state index contributed by atoms with van der Waals surface area (Å²) in [5.41, 5.74) is 1.42. The van der Waals surface area contributed by atoms with Gasteiger partial charge in [-0.25, -0.2) is 4.79 Å². The molecule has 33 heavy (non-hydrogen) atoms. The van der Waals surface area contributed by atoms with Crippen molar-refractivity contribution in [2.45, 2.75) is 6.54 Å². The number of hydrogen-bond donors (Lipinski definition) is 1. The zero-order chi connectivity index (χ0) is 22.9. The van der Waals surface area contributed by atoms with Gasteiger partial charge < -0.3 is 9.52 Å². The molecule has 3 aromatic carbocycles. The van der Waals surface area contributed by atoms with Crippen molar-refractivity contribution in [3.8, 4) is 11.3 Å². The first kappa shape index (κ1) is 20.8. The molecule has 1 aromatic heterocycles. The van der Waals surface area contributed by atoms with Crippen LogP contribution >= 0.6 is 11.8 Å². The van der Waals surface area contributed by atoms with E-state index >= 15 is 0 Å². The molecule has 6 nitrogen and oxygen atoms in total. The van der Waals surface area contributed by atoms with Gasteiger partial charge in [0.15, 0.2) is 0 Å². The molecular weight excluding hydrogens is 438 g/mol. The first-order valence-corrected chi connectivity index (χ1v) is 11.0. The number of furan rings is 1. The summed E-state index contributed by atoms with van der Waals surface area (Å²) in [5.74, 6) is -0.712. The fourth-order valence-electron chi connectivity index (χ4n) is 3.74. The highest BCUT2D eigenvalue weighted by Gasteiger charge is 2.35. The van der Waals surface area contributed by atoms with Crippen LogP contribution in [0, 0.1) is 0 Å².